The van der Waals surface area contributed by atoms with E-state index in [4.69, 9.17) is 0 Å². The lowest BCUT2D eigenvalue weighted by Gasteiger charge is -2.18. The van der Waals surface area contributed by atoms with Crippen LogP contribution >= 0.6 is 11.8 Å². The second kappa shape index (κ2) is 16.2. The number of carbonyl (C=O) groups is 3. The first-order chi connectivity index (χ1) is 23.7. The van der Waals surface area contributed by atoms with Gasteiger partial charge in [0.25, 0.3) is 17.5 Å². The molecule has 0 bridgehead atoms. The summed E-state index contributed by atoms with van der Waals surface area (Å²) < 4.78 is 0. The van der Waals surface area contributed by atoms with E-state index in [1.54, 1.807) is 42.5 Å². The van der Waals surface area contributed by atoms with Gasteiger partial charge in [-0.05, 0) is 89.3 Å². The summed E-state index contributed by atoms with van der Waals surface area (Å²) in [5, 5.41) is 19.1. The lowest BCUT2D eigenvalue weighted by atomic mass is 10.0. The van der Waals surface area contributed by atoms with Gasteiger partial charge in [0.2, 0.25) is 5.91 Å². The quantitative estimate of drug-likeness (QED) is 0.0528. The summed E-state index contributed by atoms with van der Waals surface area (Å²) in [6.45, 7) is 4.24. The zero-order chi connectivity index (χ0) is 34.8. The van der Waals surface area contributed by atoms with Crippen molar-refractivity contribution in [3.8, 4) is 0 Å². The number of non-ortho nitro benzene ring substituents is 1. The van der Waals surface area contributed by atoms with Gasteiger partial charge in [-0.25, -0.2) is 0 Å². The van der Waals surface area contributed by atoms with E-state index in [1.807, 2.05) is 66.7 Å². The largest absolute Gasteiger partial charge is 0.325 e. The molecule has 0 heterocycles. The molecule has 0 aliphatic carbocycles. The number of carbonyl (C=O) groups excluding carboxylic acids is 3. The van der Waals surface area contributed by atoms with Crippen LogP contribution in [-0.4, -0.2) is 22.6 Å². The number of anilines is 2. The Labute approximate surface area is 288 Å². The van der Waals surface area contributed by atoms with Crippen LogP contribution in [0.4, 0.5) is 17.1 Å². The van der Waals surface area contributed by atoms with Crippen molar-refractivity contribution < 1.29 is 19.3 Å². The molecule has 0 aliphatic rings. The molecule has 5 aromatic rings. The Bertz CT molecular complexity index is 1950. The fourth-order valence-electron chi connectivity index (χ4n) is 4.81. The molecule has 9 nitrogen and oxygen atoms in total. The highest BCUT2D eigenvalue weighted by Crippen LogP contribution is 2.37. The number of nitrogens with one attached hydrogen (secondary N) is 3. The van der Waals surface area contributed by atoms with Crippen molar-refractivity contribution in [2.45, 2.75) is 29.9 Å². The number of thioether (sulfide) groups is 1. The molecule has 49 heavy (non-hydrogen) atoms. The first-order valence-corrected chi connectivity index (χ1v) is 16.4. The first-order valence-electron chi connectivity index (χ1n) is 15.5. The van der Waals surface area contributed by atoms with E-state index >= 15 is 0 Å². The summed E-state index contributed by atoms with van der Waals surface area (Å²) in [6.07, 6.45) is 1.45. The summed E-state index contributed by atoms with van der Waals surface area (Å²) in [7, 11) is 0. The second-order valence-corrected chi connectivity index (χ2v) is 12.6. The van der Waals surface area contributed by atoms with Gasteiger partial charge in [0.05, 0.1) is 4.92 Å². The Kier molecular flexibility index (Phi) is 11.4. The maximum absolute atomic E-state index is 13.6. The van der Waals surface area contributed by atoms with Gasteiger partial charge in [0.1, 0.15) is 10.9 Å². The van der Waals surface area contributed by atoms with Crippen LogP contribution in [0.5, 0.6) is 0 Å². The third kappa shape index (κ3) is 9.52. The summed E-state index contributed by atoms with van der Waals surface area (Å²) in [5.41, 5.74) is 3.90. The van der Waals surface area contributed by atoms with Gasteiger partial charge in [-0.3, -0.25) is 24.5 Å². The maximum Gasteiger partial charge on any atom is 0.272 e. The number of nitro benzene ring substituents is 1. The van der Waals surface area contributed by atoms with E-state index < -0.39 is 22.0 Å². The summed E-state index contributed by atoms with van der Waals surface area (Å²) in [4.78, 5) is 51.4. The standard InChI is InChI=1S/C39H34N4O5S/c1-26(2)28-15-17-31(18-16-28)41-39(46)36(29-9-5-3-6-10-29)49-34-23-19-32(20-24-34)40-38(45)35(42-37(44)30-11-7-4-8-12-30)25-27-13-21-33(22-14-27)43(47)48/h3-26,36H,1-2H3,(H,40,45)(H,41,46)(H,42,44)/b35-25-. The van der Waals surface area contributed by atoms with Crippen LogP contribution in [-0.2, 0) is 9.59 Å². The normalized spacial score (nSPS) is 11.8. The molecule has 0 aliphatic heterocycles. The molecule has 5 aromatic carbocycles. The van der Waals surface area contributed by atoms with Crippen LogP contribution in [0.1, 0.15) is 52.1 Å². The minimum absolute atomic E-state index is 0.0524. The Hall–Kier alpha value is -6.00. The predicted molar refractivity (Wildman–Crippen MR) is 194 cm³/mol. The van der Waals surface area contributed by atoms with Gasteiger partial charge in [0, 0.05) is 34.0 Å². The molecule has 0 spiro atoms. The van der Waals surface area contributed by atoms with Crippen molar-refractivity contribution in [3.63, 3.8) is 0 Å². The Balaban J connectivity index is 1.32. The van der Waals surface area contributed by atoms with Crippen molar-refractivity contribution >= 4 is 52.6 Å². The van der Waals surface area contributed by atoms with Gasteiger partial charge >= 0.3 is 0 Å². The average molecular weight is 671 g/mol. The van der Waals surface area contributed by atoms with Crippen LogP contribution in [0.25, 0.3) is 6.08 Å². The summed E-state index contributed by atoms with van der Waals surface area (Å²) in [5.74, 6) is -0.860. The fraction of sp³-hybridized carbons (Fsp3) is 0.103. The molecule has 0 radical (unpaired) electrons. The molecular weight excluding hydrogens is 637 g/mol. The zero-order valence-electron chi connectivity index (χ0n) is 26.8. The molecule has 1 atom stereocenters. The summed E-state index contributed by atoms with van der Waals surface area (Å²) in [6, 6.07) is 38.5. The van der Waals surface area contributed by atoms with Gasteiger partial charge in [-0.1, -0.05) is 74.5 Å². The molecule has 3 N–H and O–H groups in total. The van der Waals surface area contributed by atoms with Crippen molar-refractivity contribution in [2.24, 2.45) is 0 Å². The summed E-state index contributed by atoms with van der Waals surface area (Å²) >= 11 is 1.38. The molecule has 3 amide bonds. The van der Waals surface area contributed by atoms with E-state index in [0.29, 0.717) is 28.4 Å². The van der Waals surface area contributed by atoms with E-state index in [-0.39, 0.29) is 17.3 Å². The monoisotopic (exact) mass is 670 g/mol. The lowest BCUT2D eigenvalue weighted by Crippen LogP contribution is -2.30. The van der Waals surface area contributed by atoms with E-state index in [9.17, 15) is 24.5 Å². The second-order valence-electron chi connectivity index (χ2n) is 11.4. The molecule has 0 fully saturated rings. The third-order valence-electron chi connectivity index (χ3n) is 7.50. The molecule has 5 rings (SSSR count). The number of nitro groups is 1. The average Bonchev–Trinajstić information content (AvgIpc) is 3.12. The fourth-order valence-corrected chi connectivity index (χ4v) is 5.84. The van der Waals surface area contributed by atoms with Gasteiger partial charge < -0.3 is 16.0 Å². The van der Waals surface area contributed by atoms with E-state index in [0.717, 1.165) is 10.5 Å². The van der Waals surface area contributed by atoms with Crippen LogP contribution < -0.4 is 16.0 Å². The van der Waals surface area contributed by atoms with Crippen LogP contribution in [0, 0.1) is 10.1 Å². The zero-order valence-corrected chi connectivity index (χ0v) is 27.6. The first kappa shape index (κ1) is 34.3. The smallest absolute Gasteiger partial charge is 0.272 e. The van der Waals surface area contributed by atoms with Crippen molar-refractivity contribution in [3.05, 3.63) is 172 Å². The number of hydrogen-bond acceptors (Lipinski definition) is 6. The van der Waals surface area contributed by atoms with Crippen LogP contribution in [0.2, 0.25) is 0 Å². The number of hydrogen-bond donors (Lipinski definition) is 3. The molecule has 0 saturated heterocycles. The highest BCUT2D eigenvalue weighted by atomic mass is 32.2. The predicted octanol–water partition coefficient (Wildman–Crippen LogP) is 8.60. The maximum atomic E-state index is 13.6. The highest BCUT2D eigenvalue weighted by molar-refractivity contribution is 8.00. The molecule has 0 aromatic heterocycles. The van der Waals surface area contributed by atoms with Crippen LogP contribution in [0.15, 0.2) is 144 Å². The topological polar surface area (TPSA) is 130 Å². The lowest BCUT2D eigenvalue weighted by molar-refractivity contribution is -0.384. The van der Waals surface area contributed by atoms with Gasteiger partial charge in [-0.2, -0.15) is 0 Å². The van der Waals surface area contributed by atoms with Gasteiger partial charge in [0.15, 0.2) is 0 Å². The molecule has 1 unspecified atom stereocenters. The van der Waals surface area contributed by atoms with Crippen molar-refractivity contribution in [1.82, 2.24) is 5.32 Å². The number of nitrogens with zero attached hydrogens (tertiary/aromatic N) is 1. The molecule has 10 heteroatoms. The third-order valence-corrected chi connectivity index (χ3v) is 8.76. The van der Waals surface area contributed by atoms with Gasteiger partial charge in [-0.15, -0.1) is 11.8 Å². The van der Waals surface area contributed by atoms with Crippen molar-refractivity contribution in [1.29, 1.82) is 0 Å². The van der Waals surface area contributed by atoms with Crippen LogP contribution in [0.3, 0.4) is 0 Å². The SMILES string of the molecule is CC(C)c1ccc(NC(=O)C(Sc2ccc(NC(=O)/C(=C/c3ccc([N+](=O)[O-])cc3)NC(=O)c3ccccc3)cc2)c2ccccc2)cc1. The minimum Gasteiger partial charge on any atom is -0.325 e. The Morgan fingerprint density at radius 3 is 1.86 bits per heavy atom. The highest BCUT2D eigenvalue weighted by Gasteiger charge is 2.23. The molecule has 0 saturated carbocycles. The Morgan fingerprint density at radius 1 is 0.694 bits per heavy atom. The van der Waals surface area contributed by atoms with Crippen molar-refractivity contribution in [2.75, 3.05) is 10.6 Å². The van der Waals surface area contributed by atoms with E-state index in [1.165, 1.54) is 47.7 Å². The number of benzene rings is 5. The van der Waals surface area contributed by atoms with E-state index in [2.05, 4.69) is 29.8 Å². The molecule has 246 valence electrons. The minimum atomic E-state index is -0.590. The molecular formula is C39H34N4O5S. The number of rotatable bonds is 12. The Morgan fingerprint density at radius 2 is 1.27 bits per heavy atom. The number of amides is 3.